The Kier molecular flexibility index (Phi) is 4.70. The lowest BCUT2D eigenvalue weighted by Gasteiger charge is -2.28. The van der Waals surface area contributed by atoms with Gasteiger partial charge in [0.15, 0.2) is 5.75 Å². The number of ether oxygens (including phenoxy) is 1. The zero-order chi connectivity index (χ0) is 15.5. The van der Waals surface area contributed by atoms with Gasteiger partial charge in [-0.25, -0.2) is 0 Å². The van der Waals surface area contributed by atoms with E-state index in [1.807, 2.05) is 13.0 Å². The second-order valence-electron chi connectivity index (χ2n) is 6.34. The van der Waals surface area contributed by atoms with E-state index in [-0.39, 0.29) is 22.1 Å². The number of nitrogens with one attached hydrogen (secondary N) is 1. The Labute approximate surface area is 125 Å². The molecule has 5 nitrogen and oxygen atoms in total. The molecule has 21 heavy (non-hydrogen) atoms. The molecule has 5 heteroatoms. The minimum absolute atomic E-state index is 0.0497. The van der Waals surface area contributed by atoms with Crippen LogP contribution in [0.3, 0.4) is 0 Å². The maximum atomic E-state index is 11.4. The van der Waals surface area contributed by atoms with E-state index in [4.69, 9.17) is 4.74 Å². The average Bonchev–Trinajstić information content (AvgIpc) is 2.75. The van der Waals surface area contributed by atoms with Crippen LogP contribution < -0.4 is 10.1 Å². The molecule has 0 heterocycles. The zero-order valence-corrected chi connectivity index (χ0v) is 13.0. The van der Waals surface area contributed by atoms with E-state index < -0.39 is 0 Å². The van der Waals surface area contributed by atoms with Crippen molar-refractivity contribution in [1.82, 2.24) is 0 Å². The SMILES string of the molecule is CCCOc1cccc(NC2CCCC2(C)C)c1[N+](=O)[O-]. The van der Waals surface area contributed by atoms with E-state index >= 15 is 0 Å². The van der Waals surface area contributed by atoms with Gasteiger partial charge in [0.25, 0.3) is 0 Å². The van der Waals surface area contributed by atoms with Gasteiger partial charge in [0.1, 0.15) is 5.69 Å². The number of nitrogens with zero attached hydrogens (tertiary/aromatic N) is 1. The first-order valence-electron chi connectivity index (χ1n) is 7.62. The average molecular weight is 292 g/mol. The minimum atomic E-state index is -0.352. The van der Waals surface area contributed by atoms with Crippen molar-refractivity contribution < 1.29 is 9.66 Å². The molecule has 0 spiro atoms. The maximum absolute atomic E-state index is 11.4. The lowest BCUT2D eigenvalue weighted by molar-refractivity contribution is -0.385. The number of para-hydroxylation sites is 1. The first kappa shape index (κ1) is 15.6. The van der Waals surface area contributed by atoms with Gasteiger partial charge in [0, 0.05) is 6.04 Å². The number of nitro benzene ring substituents is 1. The molecule has 0 amide bonds. The summed E-state index contributed by atoms with van der Waals surface area (Å²) in [5, 5.41) is 14.8. The molecule has 0 radical (unpaired) electrons. The first-order valence-corrected chi connectivity index (χ1v) is 7.62. The van der Waals surface area contributed by atoms with Crippen LogP contribution in [0, 0.1) is 15.5 Å². The standard InChI is InChI=1S/C16H24N2O3/c1-4-11-21-13-8-5-7-12(15(13)18(19)20)17-14-9-6-10-16(14,2)3/h5,7-8,14,17H,4,6,9-11H2,1-3H3. The van der Waals surface area contributed by atoms with E-state index in [0.717, 1.165) is 25.7 Å². The van der Waals surface area contributed by atoms with Crippen molar-refractivity contribution in [2.45, 2.75) is 52.5 Å². The Morgan fingerprint density at radius 3 is 2.81 bits per heavy atom. The highest BCUT2D eigenvalue weighted by Gasteiger charge is 2.35. The first-order chi connectivity index (χ1) is 9.95. The molecule has 0 saturated heterocycles. The Hall–Kier alpha value is -1.78. The molecule has 0 aromatic heterocycles. The summed E-state index contributed by atoms with van der Waals surface area (Å²) >= 11 is 0. The van der Waals surface area contributed by atoms with Gasteiger partial charge >= 0.3 is 5.69 Å². The van der Waals surface area contributed by atoms with E-state index in [1.54, 1.807) is 12.1 Å². The molecule has 2 rings (SSSR count). The predicted octanol–water partition coefficient (Wildman–Crippen LogP) is 4.37. The molecule has 0 aliphatic heterocycles. The van der Waals surface area contributed by atoms with Crippen molar-refractivity contribution in [2.75, 3.05) is 11.9 Å². The lowest BCUT2D eigenvalue weighted by atomic mass is 9.87. The molecule has 1 aliphatic rings. The largest absolute Gasteiger partial charge is 0.487 e. The van der Waals surface area contributed by atoms with Gasteiger partial charge in [0.05, 0.1) is 11.5 Å². The topological polar surface area (TPSA) is 64.4 Å². The maximum Gasteiger partial charge on any atom is 0.333 e. The fourth-order valence-corrected chi connectivity index (χ4v) is 2.94. The molecule has 0 bridgehead atoms. The summed E-state index contributed by atoms with van der Waals surface area (Å²) in [4.78, 5) is 11.1. The second-order valence-corrected chi connectivity index (χ2v) is 6.34. The third kappa shape index (κ3) is 3.46. The lowest BCUT2D eigenvalue weighted by Crippen LogP contribution is -2.31. The fraction of sp³-hybridized carbons (Fsp3) is 0.625. The predicted molar refractivity (Wildman–Crippen MR) is 83.9 cm³/mol. The summed E-state index contributed by atoms with van der Waals surface area (Å²) in [6.07, 6.45) is 4.17. The number of nitro groups is 1. The molecule has 1 unspecified atom stereocenters. The van der Waals surface area contributed by atoms with Crippen molar-refractivity contribution in [3.8, 4) is 5.75 Å². The van der Waals surface area contributed by atoms with Gasteiger partial charge < -0.3 is 10.1 Å². The monoisotopic (exact) mass is 292 g/mol. The molecule has 1 aliphatic carbocycles. The van der Waals surface area contributed by atoms with E-state index in [2.05, 4.69) is 19.2 Å². The number of hydrogen-bond acceptors (Lipinski definition) is 4. The van der Waals surface area contributed by atoms with Gasteiger partial charge in [-0.2, -0.15) is 0 Å². The van der Waals surface area contributed by atoms with Crippen LogP contribution in [-0.4, -0.2) is 17.6 Å². The molecule has 1 N–H and O–H groups in total. The number of benzene rings is 1. The molecular weight excluding hydrogens is 268 g/mol. The van der Waals surface area contributed by atoms with E-state index in [9.17, 15) is 10.1 Å². The summed E-state index contributed by atoms with van der Waals surface area (Å²) in [5.41, 5.74) is 0.774. The Morgan fingerprint density at radius 2 is 2.24 bits per heavy atom. The Balaban J connectivity index is 2.28. The Bertz CT molecular complexity index is 514. The minimum Gasteiger partial charge on any atom is -0.487 e. The van der Waals surface area contributed by atoms with Gasteiger partial charge in [-0.3, -0.25) is 10.1 Å². The highest BCUT2D eigenvalue weighted by molar-refractivity contribution is 5.69. The Morgan fingerprint density at radius 1 is 1.48 bits per heavy atom. The van der Waals surface area contributed by atoms with E-state index in [0.29, 0.717) is 18.0 Å². The van der Waals surface area contributed by atoms with Crippen molar-refractivity contribution in [2.24, 2.45) is 5.41 Å². The molecular formula is C16H24N2O3. The molecule has 1 atom stereocenters. The van der Waals surface area contributed by atoms with Crippen LogP contribution in [0.5, 0.6) is 5.75 Å². The van der Waals surface area contributed by atoms with Gasteiger partial charge in [-0.1, -0.05) is 33.3 Å². The molecule has 1 aromatic carbocycles. The number of rotatable bonds is 6. The molecule has 1 aromatic rings. The van der Waals surface area contributed by atoms with Crippen molar-refractivity contribution >= 4 is 11.4 Å². The normalized spacial score (nSPS) is 20.2. The summed E-state index contributed by atoms with van der Waals surface area (Å²) in [6.45, 7) is 6.88. The van der Waals surface area contributed by atoms with Crippen LogP contribution in [0.2, 0.25) is 0 Å². The fourth-order valence-electron chi connectivity index (χ4n) is 2.94. The van der Waals surface area contributed by atoms with E-state index in [1.165, 1.54) is 0 Å². The summed E-state index contributed by atoms with van der Waals surface area (Å²) in [7, 11) is 0. The highest BCUT2D eigenvalue weighted by Crippen LogP contribution is 2.42. The molecule has 116 valence electrons. The van der Waals surface area contributed by atoms with Crippen LogP contribution in [0.25, 0.3) is 0 Å². The van der Waals surface area contributed by atoms with Gasteiger partial charge in [0.2, 0.25) is 0 Å². The van der Waals surface area contributed by atoms with Gasteiger partial charge in [-0.15, -0.1) is 0 Å². The van der Waals surface area contributed by atoms with Crippen LogP contribution in [0.1, 0.15) is 46.5 Å². The van der Waals surface area contributed by atoms with Crippen LogP contribution >= 0.6 is 0 Å². The molecule has 1 fully saturated rings. The summed E-state index contributed by atoms with van der Waals surface area (Å²) in [5.74, 6) is 0.350. The second kappa shape index (κ2) is 6.33. The molecule has 1 saturated carbocycles. The van der Waals surface area contributed by atoms with Crippen molar-refractivity contribution in [1.29, 1.82) is 0 Å². The quantitative estimate of drug-likeness (QED) is 0.624. The van der Waals surface area contributed by atoms with Crippen LogP contribution in [0.15, 0.2) is 18.2 Å². The van der Waals surface area contributed by atoms with Crippen molar-refractivity contribution in [3.05, 3.63) is 28.3 Å². The third-order valence-corrected chi connectivity index (χ3v) is 4.23. The zero-order valence-electron chi connectivity index (χ0n) is 13.0. The number of anilines is 1. The van der Waals surface area contributed by atoms with Crippen LogP contribution in [0.4, 0.5) is 11.4 Å². The van der Waals surface area contributed by atoms with Gasteiger partial charge in [-0.05, 0) is 36.8 Å². The summed E-state index contributed by atoms with van der Waals surface area (Å²) in [6, 6.07) is 5.50. The third-order valence-electron chi connectivity index (χ3n) is 4.23. The van der Waals surface area contributed by atoms with Crippen molar-refractivity contribution in [3.63, 3.8) is 0 Å². The van der Waals surface area contributed by atoms with Crippen LogP contribution in [-0.2, 0) is 0 Å². The highest BCUT2D eigenvalue weighted by atomic mass is 16.6. The number of hydrogen-bond donors (Lipinski definition) is 1. The summed E-state index contributed by atoms with van der Waals surface area (Å²) < 4.78 is 5.52. The smallest absolute Gasteiger partial charge is 0.333 e.